The highest BCUT2D eigenvalue weighted by atomic mass is 16.5. The van der Waals surface area contributed by atoms with Crippen LogP contribution in [0.4, 0.5) is 0 Å². The number of hydrogen-bond acceptors (Lipinski definition) is 4. The first-order valence-electron chi connectivity index (χ1n) is 7.23. The van der Waals surface area contributed by atoms with E-state index in [1.807, 2.05) is 0 Å². The Morgan fingerprint density at radius 3 is 2.50 bits per heavy atom. The molecule has 0 aromatic carbocycles. The smallest absolute Gasteiger partial charge is 0.327 e. The molecule has 0 aliphatic heterocycles. The normalized spacial score (nSPS) is 22.9. The number of ether oxygens (including phenoxy) is 1. The molecule has 0 saturated heterocycles. The highest BCUT2D eigenvalue weighted by Gasteiger charge is 2.51. The molecule has 0 spiro atoms. The minimum absolute atomic E-state index is 0.229. The fraction of sp³-hybridized carbons (Fsp3) is 0.929. The van der Waals surface area contributed by atoms with Crippen LogP contribution in [0.3, 0.4) is 0 Å². The Balaban J connectivity index is 1.99. The predicted molar refractivity (Wildman–Crippen MR) is 71.2 cm³/mol. The maximum atomic E-state index is 12.0. The first-order chi connectivity index (χ1) is 8.61. The number of nitrogens with zero attached hydrogens (tertiary/aromatic N) is 1. The van der Waals surface area contributed by atoms with Gasteiger partial charge >= 0.3 is 5.97 Å². The molecule has 4 nitrogen and oxygen atoms in total. The number of rotatable bonds is 8. The number of methoxy groups -OCH3 is 1. The van der Waals surface area contributed by atoms with Gasteiger partial charge in [0, 0.05) is 12.6 Å². The second-order valence-corrected chi connectivity index (χ2v) is 5.86. The highest BCUT2D eigenvalue weighted by Crippen LogP contribution is 2.40. The third-order valence-corrected chi connectivity index (χ3v) is 4.20. The van der Waals surface area contributed by atoms with E-state index in [1.54, 1.807) is 0 Å². The third-order valence-electron chi connectivity index (χ3n) is 4.20. The quantitative estimate of drug-likeness (QED) is 0.667. The Labute approximate surface area is 110 Å². The van der Waals surface area contributed by atoms with Gasteiger partial charge in [0.05, 0.1) is 7.11 Å². The van der Waals surface area contributed by atoms with Crippen molar-refractivity contribution < 1.29 is 9.53 Å². The summed E-state index contributed by atoms with van der Waals surface area (Å²) in [5.41, 5.74) is 5.61. The minimum atomic E-state index is -0.773. The van der Waals surface area contributed by atoms with Gasteiger partial charge in [-0.2, -0.15) is 0 Å². The van der Waals surface area contributed by atoms with Crippen molar-refractivity contribution in [3.8, 4) is 0 Å². The molecule has 2 saturated carbocycles. The van der Waals surface area contributed by atoms with Crippen molar-refractivity contribution in [3.63, 3.8) is 0 Å². The topological polar surface area (TPSA) is 55.6 Å². The van der Waals surface area contributed by atoms with Crippen LogP contribution in [0.2, 0.25) is 0 Å². The zero-order valence-corrected chi connectivity index (χ0v) is 11.7. The van der Waals surface area contributed by atoms with Crippen LogP contribution < -0.4 is 5.73 Å². The standard InChI is InChI=1S/C14H26N2O2/c1-3-4-9-16(12-7-8-12)10-14(15,11-5-6-11)13(17)18-2/h11-12H,3-10,15H2,1-2H3. The molecular weight excluding hydrogens is 228 g/mol. The number of carbonyl (C=O) groups excluding carboxylic acids is 1. The van der Waals surface area contributed by atoms with Gasteiger partial charge in [-0.05, 0) is 44.6 Å². The van der Waals surface area contributed by atoms with Gasteiger partial charge in [-0.3, -0.25) is 9.69 Å². The van der Waals surface area contributed by atoms with E-state index in [1.165, 1.54) is 32.8 Å². The molecule has 2 aliphatic carbocycles. The van der Waals surface area contributed by atoms with E-state index in [9.17, 15) is 4.79 Å². The van der Waals surface area contributed by atoms with Gasteiger partial charge in [0.15, 0.2) is 0 Å². The molecule has 4 heteroatoms. The van der Waals surface area contributed by atoms with Gasteiger partial charge in [0.2, 0.25) is 0 Å². The summed E-state index contributed by atoms with van der Waals surface area (Å²) in [4.78, 5) is 14.4. The maximum Gasteiger partial charge on any atom is 0.327 e. The second kappa shape index (κ2) is 5.57. The van der Waals surface area contributed by atoms with Crippen LogP contribution in [0, 0.1) is 5.92 Å². The molecule has 2 fully saturated rings. The third kappa shape index (κ3) is 3.04. The number of nitrogens with two attached hydrogens (primary N) is 1. The molecule has 2 aliphatic rings. The fourth-order valence-corrected chi connectivity index (χ4v) is 2.68. The van der Waals surface area contributed by atoms with E-state index in [0.717, 1.165) is 19.4 Å². The SMILES string of the molecule is CCCCN(CC(N)(C(=O)OC)C1CC1)C1CC1. The second-order valence-electron chi connectivity index (χ2n) is 5.86. The van der Waals surface area contributed by atoms with E-state index in [4.69, 9.17) is 10.5 Å². The van der Waals surface area contributed by atoms with Crippen molar-refractivity contribution in [1.29, 1.82) is 0 Å². The molecule has 0 radical (unpaired) electrons. The summed E-state index contributed by atoms with van der Waals surface area (Å²) in [7, 11) is 1.44. The largest absolute Gasteiger partial charge is 0.468 e. The summed E-state index contributed by atoms with van der Waals surface area (Å²) in [6, 6.07) is 0.655. The Morgan fingerprint density at radius 1 is 1.39 bits per heavy atom. The monoisotopic (exact) mass is 254 g/mol. The van der Waals surface area contributed by atoms with Crippen LogP contribution in [0.5, 0.6) is 0 Å². The Bertz CT molecular complexity index is 300. The molecule has 2 N–H and O–H groups in total. The van der Waals surface area contributed by atoms with E-state index < -0.39 is 5.54 Å². The van der Waals surface area contributed by atoms with Gasteiger partial charge < -0.3 is 10.5 Å². The molecule has 1 atom stereocenters. The molecule has 0 bridgehead atoms. The van der Waals surface area contributed by atoms with Crippen molar-refractivity contribution in [3.05, 3.63) is 0 Å². The summed E-state index contributed by atoms with van der Waals surface area (Å²) in [5.74, 6) is 0.0972. The molecule has 0 aromatic heterocycles. The van der Waals surface area contributed by atoms with Crippen LogP contribution in [0.25, 0.3) is 0 Å². The molecule has 2 rings (SSSR count). The molecule has 0 heterocycles. The van der Waals surface area contributed by atoms with Gasteiger partial charge in [-0.15, -0.1) is 0 Å². The van der Waals surface area contributed by atoms with E-state index in [0.29, 0.717) is 18.5 Å². The first kappa shape index (κ1) is 13.8. The lowest BCUT2D eigenvalue weighted by molar-refractivity contribution is -0.149. The van der Waals surface area contributed by atoms with Crippen LogP contribution in [0.15, 0.2) is 0 Å². The lowest BCUT2D eigenvalue weighted by Gasteiger charge is -2.33. The van der Waals surface area contributed by atoms with E-state index >= 15 is 0 Å². The van der Waals surface area contributed by atoms with Crippen LogP contribution >= 0.6 is 0 Å². The lowest BCUT2D eigenvalue weighted by atomic mass is 9.93. The number of carbonyl (C=O) groups is 1. The lowest BCUT2D eigenvalue weighted by Crippen LogP contribution is -2.59. The average molecular weight is 254 g/mol. The summed E-state index contributed by atoms with van der Waals surface area (Å²) in [6.45, 7) is 3.93. The van der Waals surface area contributed by atoms with Crippen LogP contribution in [-0.2, 0) is 9.53 Å². The molecule has 0 aromatic rings. The molecule has 0 amide bonds. The molecule has 18 heavy (non-hydrogen) atoms. The van der Waals surface area contributed by atoms with E-state index in [2.05, 4.69) is 11.8 Å². The highest BCUT2D eigenvalue weighted by molar-refractivity contribution is 5.81. The Kier molecular flexibility index (Phi) is 4.28. The van der Waals surface area contributed by atoms with Gasteiger partial charge in [-0.1, -0.05) is 13.3 Å². The van der Waals surface area contributed by atoms with Crippen molar-refractivity contribution >= 4 is 5.97 Å². The van der Waals surface area contributed by atoms with Crippen molar-refractivity contribution in [2.75, 3.05) is 20.2 Å². The molecule has 1 unspecified atom stereocenters. The summed E-state index contributed by atoms with van der Waals surface area (Å²) < 4.78 is 4.93. The summed E-state index contributed by atoms with van der Waals surface area (Å²) in [6.07, 6.45) is 7.01. The van der Waals surface area contributed by atoms with Crippen LogP contribution in [0.1, 0.15) is 45.4 Å². The zero-order valence-electron chi connectivity index (χ0n) is 11.7. The van der Waals surface area contributed by atoms with E-state index in [-0.39, 0.29) is 5.97 Å². The number of unbranched alkanes of at least 4 members (excludes halogenated alkanes) is 1. The Morgan fingerprint density at radius 2 is 2.06 bits per heavy atom. The summed E-state index contributed by atoms with van der Waals surface area (Å²) >= 11 is 0. The molecule has 104 valence electrons. The fourth-order valence-electron chi connectivity index (χ4n) is 2.68. The number of hydrogen-bond donors (Lipinski definition) is 1. The first-order valence-corrected chi connectivity index (χ1v) is 7.23. The van der Waals surface area contributed by atoms with Gasteiger partial charge in [0.25, 0.3) is 0 Å². The zero-order chi connectivity index (χ0) is 13.2. The van der Waals surface area contributed by atoms with Crippen molar-refractivity contribution in [1.82, 2.24) is 4.90 Å². The van der Waals surface area contributed by atoms with Gasteiger partial charge in [-0.25, -0.2) is 0 Å². The van der Waals surface area contributed by atoms with Crippen LogP contribution in [-0.4, -0.2) is 42.6 Å². The summed E-state index contributed by atoms with van der Waals surface area (Å²) in [5, 5.41) is 0. The predicted octanol–water partition coefficient (Wildman–Crippen LogP) is 1.53. The molecular formula is C14H26N2O2. The van der Waals surface area contributed by atoms with Gasteiger partial charge in [0.1, 0.15) is 5.54 Å². The average Bonchev–Trinajstić information content (AvgIpc) is 3.21. The minimum Gasteiger partial charge on any atom is -0.468 e. The number of esters is 1. The maximum absolute atomic E-state index is 12.0. The Hall–Kier alpha value is -0.610. The van der Waals surface area contributed by atoms with Crippen molar-refractivity contribution in [2.45, 2.75) is 57.0 Å². The van der Waals surface area contributed by atoms with Crippen molar-refractivity contribution in [2.24, 2.45) is 11.7 Å².